The Labute approximate surface area is 139 Å². The zero-order valence-corrected chi connectivity index (χ0v) is 14.2. The van der Waals surface area contributed by atoms with Gasteiger partial charge in [0.25, 0.3) is 0 Å². The number of benzene rings is 3. The number of hydrogen-bond donors (Lipinski definition) is 0. The quantitative estimate of drug-likeness (QED) is 0.523. The largest absolute Gasteiger partial charge is 0.0651 e. The maximum Gasteiger partial charge on any atom is -0.00671 e. The lowest BCUT2D eigenvalue weighted by atomic mass is 9.88. The van der Waals surface area contributed by atoms with Gasteiger partial charge in [0.1, 0.15) is 0 Å². The van der Waals surface area contributed by atoms with Gasteiger partial charge in [-0.05, 0) is 54.2 Å². The highest BCUT2D eigenvalue weighted by molar-refractivity contribution is 5.85. The number of aryl methyl sites for hydroxylation is 3. The first-order chi connectivity index (χ1) is 11.2. The van der Waals surface area contributed by atoms with Crippen LogP contribution in [0.2, 0.25) is 0 Å². The fourth-order valence-electron chi connectivity index (χ4n) is 3.01. The second-order valence-corrected chi connectivity index (χ2v) is 6.23. The van der Waals surface area contributed by atoms with Crippen LogP contribution in [0.15, 0.2) is 60.7 Å². The molecule has 0 aliphatic heterocycles. The third kappa shape index (κ3) is 3.37. The van der Waals surface area contributed by atoms with Gasteiger partial charge in [-0.25, -0.2) is 0 Å². The molecule has 0 aliphatic rings. The smallest absolute Gasteiger partial charge is 0.00671 e. The van der Waals surface area contributed by atoms with Gasteiger partial charge in [-0.1, -0.05) is 85.1 Å². The predicted molar refractivity (Wildman–Crippen MR) is 99.6 cm³/mol. The highest BCUT2D eigenvalue weighted by Crippen LogP contribution is 2.35. The van der Waals surface area contributed by atoms with Gasteiger partial charge >= 0.3 is 0 Å². The van der Waals surface area contributed by atoms with Crippen molar-refractivity contribution in [2.24, 2.45) is 0 Å². The molecule has 0 atom stereocenters. The van der Waals surface area contributed by atoms with E-state index in [9.17, 15) is 0 Å². The van der Waals surface area contributed by atoms with Crippen LogP contribution in [0.4, 0.5) is 0 Å². The van der Waals surface area contributed by atoms with Crippen molar-refractivity contribution in [1.29, 1.82) is 0 Å². The molecule has 0 heteroatoms. The summed E-state index contributed by atoms with van der Waals surface area (Å²) in [5.74, 6) is 0. The van der Waals surface area contributed by atoms with Gasteiger partial charge in [0.2, 0.25) is 0 Å². The van der Waals surface area contributed by atoms with Crippen LogP contribution in [0.5, 0.6) is 0 Å². The zero-order valence-electron chi connectivity index (χ0n) is 14.2. The summed E-state index contributed by atoms with van der Waals surface area (Å²) in [5, 5.41) is 0. The lowest BCUT2D eigenvalue weighted by Crippen LogP contribution is -1.94. The summed E-state index contributed by atoms with van der Waals surface area (Å²) in [5.41, 5.74) is 9.09. The molecule has 0 bridgehead atoms. The van der Waals surface area contributed by atoms with Gasteiger partial charge in [0.05, 0.1) is 0 Å². The fraction of sp³-hybridized carbons (Fsp3) is 0.217. The average Bonchev–Trinajstić information content (AvgIpc) is 2.57. The minimum atomic E-state index is 1.06. The highest BCUT2D eigenvalue weighted by Gasteiger charge is 2.12. The lowest BCUT2D eigenvalue weighted by molar-refractivity contribution is 0.922. The van der Waals surface area contributed by atoms with E-state index in [1.165, 1.54) is 38.9 Å². The summed E-state index contributed by atoms with van der Waals surface area (Å²) < 4.78 is 0. The van der Waals surface area contributed by atoms with Crippen LogP contribution in [0, 0.1) is 19.9 Å². The lowest BCUT2D eigenvalue weighted by Gasteiger charge is -2.15. The van der Waals surface area contributed by atoms with Crippen LogP contribution in [0.3, 0.4) is 0 Å². The molecule has 3 rings (SSSR count). The van der Waals surface area contributed by atoms with Crippen LogP contribution in [0.25, 0.3) is 22.3 Å². The summed E-state index contributed by atoms with van der Waals surface area (Å²) in [4.78, 5) is 0. The van der Waals surface area contributed by atoms with E-state index in [-0.39, 0.29) is 0 Å². The molecule has 0 heterocycles. The predicted octanol–water partition coefficient (Wildman–Crippen LogP) is 6.39. The Morgan fingerprint density at radius 1 is 0.739 bits per heavy atom. The van der Waals surface area contributed by atoms with E-state index in [1.54, 1.807) is 0 Å². The minimum Gasteiger partial charge on any atom is -0.0651 e. The normalized spacial score (nSPS) is 10.7. The summed E-state index contributed by atoms with van der Waals surface area (Å²) >= 11 is 0. The SMILES string of the molecule is CCCc1[c]ccc(-c2ccc(C)cc2)c1-c1ccc(C)cc1. The Bertz CT molecular complexity index is 777. The summed E-state index contributed by atoms with van der Waals surface area (Å²) in [6, 6.07) is 25.4. The fourth-order valence-corrected chi connectivity index (χ4v) is 3.01. The van der Waals surface area contributed by atoms with E-state index in [4.69, 9.17) is 0 Å². The molecule has 0 saturated carbocycles. The van der Waals surface area contributed by atoms with E-state index in [1.807, 2.05) is 0 Å². The molecule has 23 heavy (non-hydrogen) atoms. The zero-order chi connectivity index (χ0) is 16.2. The van der Waals surface area contributed by atoms with Crippen molar-refractivity contribution in [3.05, 3.63) is 83.4 Å². The van der Waals surface area contributed by atoms with Crippen molar-refractivity contribution in [3.8, 4) is 22.3 Å². The summed E-state index contributed by atoms with van der Waals surface area (Å²) in [6.07, 6.45) is 2.19. The Morgan fingerprint density at radius 2 is 1.30 bits per heavy atom. The molecule has 0 amide bonds. The second kappa shape index (κ2) is 6.83. The van der Waals surface area contributed by atoms with E-state index in [0.29, 0.717) is 0 Å². The first kappa shape index (κ1) is 15.6. The van der Waals surface area contributed by atoms with Crippen molar-refractivity contribution in [3.63, 3.8) is 0 Å². The topological polar surface area (TPSA) is 0 Å². The van der Waals surface area contributed by atoms with Crippen molar-refractivity contribution in [2.45, 2.75) is 33.6 Å². The molecule has 115 valence electrons. The van der Waals surface area contributed by atoms with Gasteiger partial charge in [-0.2, -0.15) is 0 Å². The van der Waals surface area contributed by atoms with Crippen molar-refractivity contribution >= 4 is 0 Å². The van der Waals surface area contributed by atoms with Crippen molar-refractivity contribution < 1.29 is 0 Å². The number of hydrogen-bond acceptors (Lipinski definition) is 0. The minimum absolute atomic E-state index is 1.06. The van der Waals surface area contributed by atoms with Gasteiger partial charge in [-0.15, -0.1) is 0 Å². The molecule has 0 aromatic heterocycles. The van der Waals surface area contributed by atoms with Crippen LogP contribution in [-0.2, 0) is 6.42 Å². The molecule has 0 N–H and O–H groups in total. The molecule has 0 fully saturated rings. The number of rotatable bonds is 4. The Kier molecular flexibility index (Phi) is 4.62. The first-order valence-corrected chi connectivity index (χ1v) is 8.36. The molecule has 1 radical (unpaired) electrons. The molecule has 0 nitrogen and oxygen atoms in total. The molecule has 0 spiro atoms. The van der Waals surface area contributed by atoms with E-state index in [0.717, 1.165) is 12.8 Å². The van der Waals surface area contributed by atoms with Crippen LogP contribution in [0.1, 0.15) is 30.0 Å². The Hall–Kier alpha value is -2.34. The van der Waals surface area contributed by atoms with Gasteiger partial charge in [0.15, 0.2) is 0 Å². The molecule has 0 aliphatic carbocycles. The Morgan fingerprint density at radius 3 is 1.87 bits per heavy atom. The maximum atomic E-state index is 3.47. The highest BCUT2D eigenvalue weighted by atomic mass is 14.2. The van der Waals surface area contributed by atoms with Crippen molar-refractivity contribution in [1.82, 2.24) is 0 Å². The van der Waals surface area contributed by atoms with Crippen LogP contribution in [-0.4, -0.2) is 0 Å². The third-order valence-corrected chi connectivity index (χ3v) is 4.28. The second-order valence-electron chi connectivity index (χ2n) is 6.23. The molecule has 0 unspecified atom stereocenters. The average molecular weight is 299 g/mol. The molecular weight excluding hydrogens is 276 g/mol. The van der Waals surface area contributed by atoms with Gasteiger partial charge < -0.3 is 0 Å². The van der Waals surface area contributed by atoms with Crippen LogP contribution >= 0.6 is 0 Å². The summed E-state index contributed by atoms with van der Waals surface area (Å²) in [6.45, 7) is 6.49. The maximum absolute atomic E-state index is 3.47. The van der Waals surface area contributed by atoms with E-state index in [2.05, 4.69) is 87.5 Å². The van der Waals surface area contributed by atoms with E-state index < -0.39 is 0 Å². The molecular formula is C23H23. The van der Waals surface area contributed by atoms with Crippen molar-refractivity contribution in [2.75, 3.05) is 0 Å². The standard InChI is InChI=1S/C23H23/c1-4-6-20-7-5-8-22(19-13-9-17(2)10-14-19)23(20)21-15-11-18(3)12-16-21/h5,8-16H,4,6H2,1-3H3. The monoisotopic (exact) mass is 299 g/mol. The molecule has 0 saturated heterocycles. The van der Waals surface area contributed by atoms with Crippen LogP contribution < -0.4 is 0 Å². The van der Waals surface area contributed by atoms with Gasteiger partial charge in [0, 0.05) is 0 Å². The summed E-state index contributed by atoms with van der Waals surface area (Å²) in [7, 11) is 0. The van der Waals surface area contributed by atoms with E-state index >= 15 is 0 Å². The molecule has 3 aromatic carbocycles. The third-order valence-electron chi connectivity index (χ3n) is 4.28. The van der Waals surface area contributed by atoms with Gasteiger partial charge in [-0.3, -0.25) is 0 Å². The first-order valence-electron chi connectivity index (χ1n) is 8.36. The molecule has 3 aromatic rings. The Balaban J connectivity index is 2.21.